The van der Waals surface area contributed by atoms with Crippen LogP contribution in [0, 0.1) is 5.92 Å². The topological polar surface area (TPSA) is 57.5 Å². The van der Waals surface area contributed by atoms with E-state index in [1.165, 1.54) is 0 Å². The highest BCUT2D eigenvalue weighted by atomic mass is 16.4. The van der Waals surface area contributed by atoms with Crippen LogP contribution in [0.3, 0.4) is 0 Å². The molecule has 0 radical (unpaired) electrons. The Hall–Kier alpha value is -0.570. The third-order valence-corrected chi connectivity index (χ3v) is 2.13. The Morgan fingerprint density at radius 2 is 2.30 bits per heavy atom. The van der Waals surface area contributed by atoms with Crippen LogP contribution in [0.25, 0.3) is 0 Å². The third-order valence-electron chi connectivity index (χ3n) is 2.13. The Balaban J connectivity index is 2.63. The summed E-state index contributed by atoms with van der Waals surface area (Å²) in [5.74, 6) is -0.724. The molecule has 2 N–H and O–H groups in total. The van der Waals surface area contributed by atoms with E-state index >= 15 is 0 Å². The summed E-state index contributed by atoms with van der Waals surface area (Å²) in [7, 11) is 0. The minimum Gasteiger partial charge on any atom is -0.479 e. The Kier molecular flexibility index (Phi) is 1.68. The van der Waals surface area contributed by atoms with Gasteiger partial charge in [-0.25, -0.2) is 4.79 Å². The lowest BCUT2D eigenvalue weighted by atomic mass is 10.0. The van der Waals surface area contributed by atoms with Crippen molar-refractivity contribution < 1.29 is 15.0 Å². The molecule has 2 unspecified atom stereocenters. The fraction of sp³-hybridized carbons (Fsp3) is 0.857. The van der Waals surface area contributed by atoms with E-state index in [0.717, 1.165) is 6.42 Å². The van der Waals surface area contributed by atoms with Crippen molar-refractivity contribution in [1.29, 1.82) is 0 Å². The van der Waals surface area contributed by atoms with Crippen LogP contribution in [0.5, 0.6) is 0 Å². The molecule has 2 atom stereocenters. The molecular formula is C7H12O3. The minimum absolute atomic E-state index is 0.348. The molecule has 0 bridgehead atoms. The second kappa shape index (κ2) is 2.23. The second-order valence-corrected chi connectivity index (χ2v) is 3.18. The van der Waals surface area contributed by atoms with Crippen LogP contribution in [0.2, 0.25) is 0 Å². The van der Waals surface area contributed by atoms with Crippen molar-refractivity contribution >= 4 is 5.97 Å². The zero-order valence-electron chi connectivity index (χ0n) is 6.00. The fourth-order valence-corrected chi connectivity index (χ4v) is 1.46. The Labute approximate surface area is 59.7 Å². The van der Waals surface area contributed by atoms with Gasteiger partial charge in [-0.15, -0.1) is 0 Å². The molecule has 0 aromatic rings. The highest BCUT2D eigenvalue weighted by Crippen LogP contribution is 2.33. The number of carboxylic acids is 1. The van der Waals surface area contributed by atoms with Crippen molar-refractivity contribution in [3.63, 3.8) is 0 Å². The lowest BCUT2D eigenvalue weighted by molar-refractivity contribution is -0.157. The van der Waals surface area contributed by atoms with Gasteiger partial charge >= 0.3 is 5.97 Å². The Morgan fingerprint density at radius 3 is 2.50 bits per heavy atom. The normalized spacial score (nSPS) is 40.0. The molecule has 0 amide bonds. The van der Waals surface area contributed by atoms with Crippen molar-refractivity contribution in [2.24, 2.45) is 5.92 Å². The van der Waals surface area contributed by atoms with E-state index in [0.29, 0.717) is 18.8 Å². The summed E-state index contributed by atoms with van der Waals surface area (Å²) in [4.78, 5) is 10.4. The van der Waals surface area contributed by atoms with E-state index in [1.807, 2.05) is 6.92 Å². The molecular weight excluding hydrogens is 132 g/mol. The van der Waals surface area contributed by atoms with Gasteiger partial charge in [0.25, 0.3) is 0 Å². The van der Waals surface area contributed by atoms with Crippen molar-refractivity contribution in [2.75, 3.05) is 0 Å². The monoisotopic (exact) mass is 144 g/mol. The molecule has 1 saturated carbocycles. The van der Waals surface area contributed by atoms with Crippen LogP contribution in [0.1, 0.15) is 26.2 Å². The van der Waals surface area contributed by atoms with E-state index in [1.54, 1.807) is 0 Å². The van der Waals surface area contributed by atoms with Crippen LogP contribution in [-0.2, 0) is 4.79 Å². The van der Waals surface area contributed by atoms with Gasteiger partial charge in [-0.05, 0) is 25.2 Å². The van der Waals surface area contributed by atoms with Gasteiger partial charge in [0.05, 0.1) is 0 Å². The first-order chi connectivity index (χ1) is 4.54. The summed E-state index contributed by atoms with van der Waals surface area (Å²) >= 11 is 0. The van der Waals surface area contributed by atoms with Crippen LogP contribution in [0.15, 0.2) is 0 Å². The molecule has 1 rings (SSSR count). The average molecular weight is 144 g/mol. The van der Waals surface area contributed by atoms with Crippen LogP contribution in [-0.4, -0.2) is 21.8 Å². The molecule has 0 aromatic heterocycles. The molecule has 3 heteroatoms. The standard InChI is InChI=1S/C7H12O3/c1-5-2-3-7(10,4-5)6(8)9/h5,10H,2-4H2,1H3,(H,8,9). The van der Waals surface area contributed by atoms with E-state index in [4.69, 9.17) is 5.11 Å². The van der Waals surface area contributed by atoms with Crippen LogP contribution >= 0.6 is 0 Å². The van der Waals surface area contributed by atoms with Gasteiger partial charge in [-0.1, -0.05) is 6.92 Å². The van der Waals surface area contributed by atoms with Gasteiger partial charge in [0.1, 0.15) is 0 Å². The van der Waals surface area contributed by atoms with E-state index in [-0.39, 0.29) is 0 Å². The fourth-order valence-electron chi connectivity index (χ4n) is 1.46. The molecule has 1 aliphatic rings. The maximum absolute atomic E-state index is 10.4. The van der Waals surface area contributed by atoms with Gasteiger partial charge in [0, 0.05) is 0 Å². The second-order valence-electron chi connectivity index (χ2n) is 3.18. The molecule has 58 valence electrons. The molecule has 3 nitrogen and oxygen atoms in total. The van der Waals surface area contributed by atoms with Gasteiger partial charge in [0.2, 0.25) is 0 Å². The predicted molar refractivity (Wildman–Crippen MR) is 35.6 cm³/mol. The highest BCUT2D eigenvalue weighted by molar-refractivity contribution is 5.77. The molecule has 0 saturated heterocycles. The van der Waals surface area contributed by atoms with E-state index in [9.17, 15) is 9.90 Å². The van der Waals surface area contributed by atoms with Crippen molar-refractivity contribution in [2.45, 2.75) is 31.8 Å². The predicted octanol–water partition coefficient (Wildman–Crippen LogP) is 0.622. The zero-order valence-corrected chi connectivity index (χ0v) is 6.00. The SMILES string of the molecule is CC1CCC(O)(C(=O)O)C1. The third kappa shape index (κ3) is 1.14. The zero-order chi connectivity index (χ0) is 7.78. The maximum Gasteiger partial charge on any atom is 0.335 e. The number of carbonyl (C=O) groups is 1. The number of hydrogen-bond donors (Lipinski definition) is 2. The number of hydrogen-bond acceptors (Lipinski definition) is 2. The Bertz CT molecular complexity index is 155. The first-order valence-electron chi connectivity index (χ1n) is 3.50. The van der Waals surface area contributed by atoms with Gasteiger partial charge < -0.3 is 10.2 Å². The number of aliphatic carboxylic acids is 1. The maximum atomic E-state index is 10.4. The Morgan fingerprint density at radius 1 is 1.70 bits per heavy atom. The smallest absolute Gasteiger partial charge is 0.335 e. The summed E-state index contributed by atoms with van der Waals surface area (Å²) in [5, 5.41) is 17.9. The van der Waals surface area contributed by atoms with Gasteiger partial charge in [-0.2, -0.15) is 0 Å². The summed E-state index contributed by atoms with van der Waals surface area (Å²) < 4.78 is 0. The van der Waals surface area contributed by atoms with Gasteiger partial charge in [-0.3, -0.25) is 0 Å². The van der Waals surface area contributed by atoms with E-state index in [2.05, 4.69) is 0 Å². The first kappa shape index (κ1) is 7.54. The molecule has 0 aromatic carbocycles. The molecule has 0 spiro atoms. The van der Waals surface area contributed by atoms with Gasteiger partial charge in [0.15, 0.2) is 5.60 Å². The average Bonchev–Trinajstić information content (AvgIpc) is 2.13. The molecule has 10 heavy (non-hydrogen) atoms. The summed E-state index contributed by atoms with van der Waals surface area (Å²) in [6.45, 7) is 1.96. The lowest BCUT2D eigenvalue weighted by Crippen LogP contribution is -2.35. The van der Waals surface area contributed by atoms with Crippen molar-refractivity contribution in [1.82, 2.24) is 0 Å². The minimum atomic E-state index is -1.42. The van der Waals surface area contributed by atoms with Crippen LogP contribution < -0.4 is 0 Å². The summed E-state index contributed by atoms with van der Waals surface area (Å²) in [5.41, 5.74) is -1.42. The lowest BCUT2D eigenvalue weighted by Gasteiger charge is -2.15. The quantitative estimate of drug-likeness (QED) is 0.567. The van der Waals surface area contributed by atoms with Crippen molar-refractivity contribution in [3.8, 4) is 0 Å². The first-order valence-corrected chi connectivity index (χ1v) is 3.50. The van der Waals surface area contributed by atoms with Crippen LogP contribution in [0.4, 0.5) is 0 Å². The molecule has 0 aliphatic heterocycles. The molecule has 1 aliphatic carbocycles. The number of rotatable bonds is 1. The highest BCUT2D eigenvalue weighted by Gasteiger charge is 2.41. The summed E-state index contributed by atoms with van der Waals surface area (Å²) in [6, 6.07) is 0. The summed E-state index contributed by atoms with van der Waals surface area (Å²) in [6.07, 6.45) is 1.63. The van der Waals surface area contributed by atoms with Crippen molar-refractivity contribution in [3.05, 3.63) is 0 Å². The number of aliphatic hydroxyl groups is 1. The largest absolute Gasteiger partial charge is 0.479 e. The molecule has 1 fully saturated rings. The molecule has 0 heterocycles. The van der Waals surface area contributed by atoms with E-state index < -0.39 is 11.6 Å². The number of carboxylic acid groups (broad SMARTS) is 1.